The van der Waals surface area contributed by atoms with E-state index in [0.29, 0.717) is 6.61 Å². The van der Waals surface area contributed by atoms with E-state index in [4.69, 9.17) is 16.3 Å². The second-order valence-corrected chi connectivity index (χ2v) is 7.25. The molecule has 1 saturated carbocycles. The summed E-state index contributed by atoms with van der Waals surface area (Å²) in [5.74, 6) is 1.71. The minimum atomic E-state index is 0.670. The molecule has 3 heteroatoms. The van der Waals surface area contributed by atoms with Gasteiger partial charge in [0.15, 0.2) is 0 Å². The zero-order valence-electron chi connectivity index (χ0n) is 15.1. The smallest absolute Gasteiger partial charge is 0.119 e. The molecule has 0 aliphatic heterocycles. The van der Waals surface area contributed by atoms with E-state index in [0.717, 1.165) is 35.5 Å². The predicted molar refractivity (Wildman–Crippen MR) is 107 cm³/mol. The highest BCUT2D eigenvalue weighted by molar-refractivity contribution is 6.30. The normalized spacial score (nSPS) is 15.1. The summed E-state index contributed by atoms with van der Waals surface area (Å²) < 4.78 is 5.96. The van der Waals surface area contributed by atoms with Crippen molar-refractivity contribution in [2.75, 3.05) is 24.6 Å². The average molecular weight is 358 g/mol. The molecule has 3 rings (SSSR count). The van der Waals surface area contributed by atoms with Crippen molar-refractivity contribution in [3.63, 3.8) is 0 Å². The Bertz CT molecular complexity index is 649. The van der Waals surface area contributed by atoms with Crippen LogP contribution in [0.15, 0.2) is 48.5 Å². The van der Waals surface area contributed by atoms with Gasteiger partial charge in [0.05, 0.1) is 6.54 Å². The Hall–Kier alpha value is -1.67. The number of halogens is 1. The highest BCUT2D eigenvalue weighted by Crippen LogP contribution is 2.33. The Morgan fingerprint density at radius 3 is 2.48 bits per heavy atom. The standard InChI is InChI=1S/C22H28ClNO/c1-2-24(21-10-6-9-20(23)17-21)15-16-25-22-13-11-19(12-14-22)18-7-4-3-5-8-18/h6,9-14,17-18H,2-5,7-8,15-16H2,1H3. The zero-order chi connectivity index (χ0) is 17.5. The Balaban J connectivity index is 1.51. The van der Waals surface area contributed by atoms with Crippen molar-refractivity contribution in [2.45, 2.75) is 44.9 Å². The molecule has 0 radical (unpaired) electrons. The van der Waals surface area contributed by atoms with E-state index in [9.17, 15) is 0 Å². The highest BCUT2D eigenvalue weighted by Gasteiger charge is 2.15. The molecule has 2 aromatic carbocycles. The van der Waals surface area contributed by atoms with E-state index in [2.05, 4.69) is 42.2 Å². The topological polar surface area (TPSA) is 12.5 Å². The second kappa shape index (κ2) is 9.15. The van der Waals surface area contributed by atoms with E-state index in [1.54, 1.807) is 0 Å². The van der Waals surface area contributed by atoms with E-state index < -0.39 is 0 Å². The van der Waals surface area contributed by atoms with Crippen molar-refractivity contribution in [3.05, 3.63) is 59.1 Å². The lowest BCUT2D eigenvalue weighted by Crippen LogP contribution is -2.28. The predicted octanol–water partition coefficient (Wildman–Crippen LogP) is 6.29. The van der Waals surface area contributed by atoms with Gasteiger partial charge >= 0.3 is 0 Å². The molecule has 0 atom stereocenters. The molecule has 134 valence electrons. The third-order valence-electron chi connectivity index (χ3n) is 5.14. The molecule has 2 nitrogen and oxygen atoms in total. The SMILES string of the molecule is CCN(CCOc1ccc(C2CCCCC2)cc1)c1cccc(Cl)c1. The molecule has 25 heavy (non-hydrogen) atoms. The van der Waals surface area contributed by atoms with Gasteiger partial charge < -0.3 is 9.64 Å². The van der Waals surface area contributed by atoms with Gasteiger partial charge in [-0.1, -0.05) is 49.1 Å². The van der Waals surface area contributed by atoms with E-state index in [1.165, 1.54) is 37.7 Å². The van der Waals surface area contributed by atoms with Gasteiger partial charge in [-0.15, -0.1) is 0 Å². The minimum Gasteiger partial charge on any atom is -0.492 e. The number of anilines is 1. The Morgan fingerprint density at radius 1 is 1.04 bits per heavy atom. The third-order valence-corrected chi connectivity index (χ3v) is 5.38. The molecule has 0 unspecified atom stereocenters. The molecule has 0 amide bonds. The Kier molecular flexibility index (Phi) is 6.63. The van der Waals surface area contributed by atoms with Gasteiger partial charge in [-0.3, -0.25) is 0 Å². The minimum absolute atomic E-state index is 0.670. The van der Waals surface area contributed by atoms with E-state index in [1.807, 2.05) is 18.2 Å². The van der Waals surface area contributed by atoms with E-state index in [-0.39, 0.29) is 0 Å². The first-order chi connectivity index (χ1) is 12.3. The monoisotopic (exact) mass is 357 g/mol. The van der Waals surface area contributed by atoms with Gasteiger partial charge in [-0.25, -0.2) is 0 Å². The van der Waals surface area contributed by atoms with Crippen LogP contribution in [0.2, 0.25) is 5.02 Å². The lowest BCUT2D eigenvalue weighted by molar-refractivity contribution is 0.324. The van der Waals surface area contributed by atoms with Gasteiger partial charge in [-0.05, 0) is 61.6 Å². The van der Waals surface area contributed by atoms with Gasteiger partial charge in [0.1, 0.15) is 12.4 Å². The summed E-state index contributed by atoms with van der Waals surface area (Å²) in [4.78, 5) is 2.28. The van der Waals surface area contributed by atoms with E-state index >= 15 is 0 Å². The molecule has 0 saturated heterocycles. The third kappa shape index (κ3) is 5.15. The fourth-order valence-corrected chi connectivity index (χ4v) is 3.87. The Labute approximate surface area is 156 Å². The van der Waals surface area contributed by atoms with Crippen LogP contribution in [0.3, 0.4) is 0 Å². The summed E-state index contributed by atoms with van der Waals surface area (Å²) in [6.45, 7) is 4.61. The lowest BCUT2D eigenvalue weighted by Gasteiger charge is -2.24. The molecule has 1 fully saturated rings. The maximum absolute atomic E-state index is 6.10. The van der Waals surface area contributed by atoms with Crippen LogP contribution in [0.4, 0.5) is 5.69 Å². The van der Waals surface area contributed by atoms with Gasteiger partial charge in [-0.2, -0.15) is 0 Å². The number of hydrogen-bond acceptors (Lipinski definition) is 2. The van der Waals surface area contributed by atoms with Crippen LogP contribution in [0.5, 0.6) is 5.75 Å². The first-order valence-electron chi connectivity index (χ1n) is 9.49. The molecule has 0 aromatic heterocycles. The summed E-state index contributed by atoms with van der Waals surface area (Å²) in [6, 6.07) is 16.7. The van der Waals surface area contributed by atoms with Crippen LogP contribution in [0, 0.1) is 0 Å². The summed E-state index contributed by atoms with van der Waals surface area (Å²) in [5, 5.41) is 0.773. The molecule has 0 heterocycles. The lowest BCUT2D eigenvalue weighted by atomic mass is 9.84. The van der Waals surface area contributed by atoms with Crippen molar-refractivity contribution >= 4 is 17.3 Å². The number of nitrogens with zero attached hydrogens (tertiary/aromatic N) is 1. The van der Waals surface area contributed by atoms with Crippen molar-refractivity contribution in [1.82, 2.24) is 0 Å². The van der Waals surface area contributed by atoms with Crippen LogP contribution in [0.1, 0.15) is 50.5 Å². The molecule has 1 aliphatic rings. The highest BCUT2D eigenvalue weighted by atomic mass is 35.5. The van der Waals surface area contributed by atoms with Gasteiger partial charge in [0.25, 0.3) is 0 Å². The first-order valence-corrected chi connectivity index (χ1v) is 9.87. The van der Waals surface area contributed by atoms with Gasteiger partial charge in [0, 0.05) is 17.3 Å². The number of benzene rings is 2. The fourth-order valence-electron chi connectivity index (χ4n) is 3.69. The summed E-state index contributed by atoms with van der Waals surface area (Å²) >= 11 is 6.10. The largest absolute Gasteiger partial charge is 0.492 e. The summed E-state index contributed by atoms with van der Waals surface area (Å²) in [6.07, 6.45) is 6.83. The summed E-state index contributed by atoms with van der Waals surface area (Å²) in [7, 11) is 0. The van der Waals surface area contributed by atoms with Crippen LogP contribution in [0.25, 0.3) is 0 Å². The molecule has 1 aliphatic carbocycles. The quantitative estimate of drug-likeness (QED) is 0.577. The average Bonchev–Trinajstić information content (AvgIpc) is 2.66. The Morgan fingerprint density at radius 2 is 1.80 bits per heavy atom. The molecule has 2 aromatic rings. The number of likely N-dealkylation sites (N-methyl/N-ethyl adjacent to an activating group) is 1. The molecular weight excluding hydrogens is 330 g/mol. The molecule has 0 bridgehead atoms. The molecule has 0 N–H and O–H groups in total. The van der Waals surface area contributed by atoms with Crippen LogP contribution in [-0.4, -0.2) is 19.7 Å². The number of hydrogen-bond donors (Lipinski definition) is 0. The van der Waals surface area contributed by atoms with Crippen molar-refractivity contribution in [2.24, 2.45) is 0 Å². The first kappa shape index (κ1) is 18.1. The maximum atomic E-state index is 6.10. The molecular formula is C22H28ClNO. The molecule has 0 spiro atoms. The second-order valence-electron chi connectivity index (χ2n) is 6.81. The zero-order valence-corrected chi connectivity index (χ0v) is 15.8. The van der Waals surface area contributed by atoms with Crippen LogP contribution < -0.4 is 9.64 Å². The number of ether oxygens (including phenoxy) is 1. The number of rotatable bonds is 7. The maximum Gasteiger partial charge on any atom is 0.119 e. The van der Waals surface area contributed by atoms with Crippen LogP contribution >= 0.6 is 11.6 Å². The van der Waals surface area contributed by atoms with Crippen LogP contribution in [-0.2, 0) is 0 Å². The fraction of sp³-hybridized carbons (Fsp3) is 0.455. The van der Waals surface area contributed by atoms with Crippen molar-refractivity contribution in [3.8, 4) is 5.75 Å². The van der Waals surface area contributed by atoms with Crippen molar-refractivity contribution in [1.29, 1.82) is 0 Å². The summed E-state index contributed by atoms with van der Waals surface area (Å²) in [5.41, 5.74) is 2.62. The van der Waals surface area contributed by atoms with Crippen molar-refractivity contribution < 1.29 is 4.74 Å². The van der Waals surface area contributed by atoms with Gasteiger partial charge in [0.2, 0.25) is 0 Å².